The molecule has 0 unspecified atom stereocenters. The van der Waals surface area contributed by atoms with Gasteiger partial charge in [0.15, 0.2) is 0 Å². The summed E-state index contributed by atoms with van der Waals surface area (Å²) in [5.41, 5.74) is 0.270. The van der Waals surface area contributed by atoms with Crippen molar-refractivity contribution < 1.29 is 24.4 Å². The quantitative estimate of drug-likeness (QED) is 0.491. The van der Waals surface area contributed by atoms with Crippen molar-refractivity contribution in [2.24, 2.45) is 0 Å². The van der Waals surface area contributed by atoms with E-state index in [9.17, 15) is 24.5 Å². The SMILES string of the molecule is O=C(O)CCCc1c([N+](=O)[O-])cc2cccc3c2c1C(=O)NC3=O. The second-order valence-electron chi connectivity index (χ2n) is 5.44. The number of nitrogens with one attached hydrogen (secondary N) is 1. The van der Waals surface area contributed by atoms with E-state index in [-0.39, 0.29) is 41.6 Å². The van der Waals surface area contributed by atoms with Gasteiger partial charge in [0.25, 0.3) is 17.5 Å². The lowest BCUT2D eigenvalue weighted by atomic mass is 9.88. The number of hydrogen-bond donors (Lipinski definition) is 2. The lowest BCUT2D eigenvalue weighted by Crippen LogP contribution is -2.35. The second kappa shape index (κ2) is 5.73. The summed E-state index contributed by atoms with van der Waals surface area (Å²) in [6.07, 6.45) is 0.0404. The highest BCUT2D eigenvalue weighted by atomic mass is 16.6. The van der Waals surface area contributed by atoms with Crippen LogP contribution in [-0.4, -0.2) is 27.8 Å². The lowest BCUT2D eigenvalue weighted by molar-refractivity contribution is -0.385. The van der Waals surface area contributed by atoms with Crippen LogP contribution in [0.25, 0.3) is 10.8 Å². The van der Waals surface area contributed by atoms with Crippen LogP contribution in [0.3, 0.4) is 0 Å². The third kappa shape index (κ3) is 2.47. The van der Waals surface area contributed by atoms with Gasteiger partial charge in [-0.05, 0) is 24.3 Å². The first-order chi connectivity index (χ1) is 11.4. The average molecular weight is 328 g/mol. The smallest absolute Gasteiger partial charge is 0.303 e. The summed E-state index contributed by atoms with van der Waals surface area (Å²) in [7, 11) is 0. The molecule has 0 aromatic heterocycles. The van der Waals surface area contributed by atoms with Gasteiger partial charge in [0, 0.05) is 29.0 Å². The molecule has 0 atom stereocenters. The fourth-order valence-electron chi connectivity index (χ4n) is 2.99. The second-order valence-corrected chi connectivity index (χ2v) is 5.44. The predicted octanol–water partition coefficient (Wildman–Crippen LogP) is 2.04. The first kappa shape index (κ1) is 15.6. The summed E-state index contributed by atoms with van der Waals surface area (Å²) in [5.74, 6) is -2.27. The van der Waals surface area contributed by atoms with E-state index in [0.717, 1.165) is 0 Å². The van der Waals surface area contributed by atoms with Gasteiger partial charge in [-0.25, -0.2) is 0 Å². The van der Waals surface area contributed by atoms with Crippen LogP contribution < -0.4 is 5.32 Å². The van der Waals surface area contributed by atoms with Crippen LogP contribution in [0.5, 0.6) is 0 Å². The number of aliphatic carboxylic acids is 1. The Kier molecular flexibility index (Phi) is 3.72. The lowest BCUT2D eigenvalue weighted by Gasteiger charge is -2.19. The molecule has 8 nitrogen and oxygen atoms in total. The molecule has 0 radical (unpaired) electrons. The third-order valence-corrected chi connectivity index (χ3v) is 3.96. The summed E-state index contributed by atoms with van der Waals surface area (Å²) in [6, 6.07) is 6.05. The maximum absolute atomic E-state index is 12.3. The van der Waals surface area contributed by atoms with Gasteiger partial charge >= 0.3 is 5.97 Å². The van der Waals surface area contributed by atoms with Crippen LogP contribution >= 0.6 is 0 Å². The minimum absolute atomic E-state index is 0.0594. The van der Waals surface area contributed by atoms with Crippen LogP contribution in [0, 0.1) is 10.1 Å². The van der Waals surface area contributed by atoms with Gasteiger partial charge in [-0.1, -0.05) is 12.1 Å². The van der Waals surface area contributed by atoms with E-state index in [1.165, 1.54) is 6.07 Å². The van der Waals surface area contributed by atoms with Crippen molar-refractivity contribution in [3.05, 3.63) is 51.1 Å². The number of rotatable bonds is 5. The Morgan fingerprint density at radius 2 is 2.00 bits per heavy atom. The number of hydrogen-bond acceptors (Lipinski definition) is 5. The van der Waals surface area contributed by atoms with Crippen molar-refractivity contribution in [1.29, 1.82) is 0 Å². The number of nitro benzene ring substituents is 1. The summed E-state index contributed by atoms with van der Waals surface area (Å²) < 4.78 is 0. The number of carbonyl (C=O) groups excluding carboxylic acids is 2. The van der Waals surface area contributed by atoms with Crippen LogP contribution in [0.2, 0.25) is 0 Å². The molecule has 1 aliphatic heterocycles. The number of imide groups is 1. The van der Waals surface area contributed by atoms with Gasteiger partial charge in [-0.3, -0.25) is 29.8 Å². The van der Waals surface area contributed by atoms with E-state index < -0.39 is 22.7 Å². The Hall–Kier alpha value is -3.29. The number of amides is 2. The molecular weight excluding hydrogens is 316 g/mol. The van der Waals surface area contributed by atoms with Crippen molar-refractivity contribution in [3.63, 3.8) is 0 Å². The maximum Gasteiger partial charge on any atom is 0.303 e. The first-order valence-electron chi connectivity index (χ1n) is 7.20. The van der Waals surface area contributed by atoms with Crippen molar-refractivity contribution in [1.82, 2.24) is 5.32 Å². The minimum atomic E-state index is -1.02. The topological polar surface area (TPSA) is 127 Å². The van der Waals surface area contributed by atoms with Gasteiger partial charge in [0.1, 0.15) is 0 Å². The molecule has 2 aromatic rings. The summed E-state index contributed by atoms with van der Waals surface area (Å²) in [6.45, 7) is 0. The molecule has 2 N–H and O–H groups in total. The molecule has 0 aliphatic carbocycles. The number of nitrogens with zero attached hydrogens (tertiary/aromatic N) is 1. The van der Waals surface area contributed by atoms with E-state index in [2.05, 4.69) is 5.32 Å². The zero-order valence-corrected chi connectivity index (χ0v) is 12.4. The van der Waals surface area contributed by atoms with Gasteiger partial charge in [0.2, 0.25) is 0 Å². The van der Waals surface area contributed by atoms with Crippen LogP contribution in [0.15, 0.2) is 24.3 Å². The van der Waals surface area contributed by atoms with Gasteiger partial charge < -0.3 is 5.11 Å². The fraction of sp³-hybridized carbons (Fsp3) is 0.188. The van der Waals surface area contributed by atoms with E-state index in [1.54, 1.807) is 18.2 Å². The van der Waals surface area contributed by atoms with Crippen LogP contribution in [0.4, 0.5) is 5.69 Å². The molecule has 2 aromatic carbocycles. The molecule has 0 bridgehead atoms. The Morgan fingerprint density at radius 1 is 1.25 bits per heavy atom. The minimum Gasteiger partial charge on any atom is -0.481 e. The molecule has 1 aliphatic rings. The van der Waals surface area contributed by atoms with Gasteiger partial charge in [0.05, 0.1) is 10.5 Å². The molecule has 0 saturated heterocycles. The normalized spacial score (nSPS) is 13.0. The van der Waals surface area contributed by atoms with Crippen molar-refractivity contribution in [2.45, 2.75) is 19.3 Å². The number of nitro groups is 1. The van der Waals surface area contributed by atoms with Crippen molar-refractivity contribution in [3.8, 4) is 0 Å². The molecule has 0 fully saturated rings. The highest BCUT2D eigenvalue weighted by molar-refractivity contribution is 6.26. The van der Waals surface area contributed by atoms with Crippen LogP contribution in [-0.2, 0) is 11.2 Å². The Bertz CT molecular complexity index is 918. The number of carboxylic acid groups (broad SMARTS) is 1. The first-order valence-corrected chi connectivity index (χ1v) is 7.20. The van der Waals surface area contributed by atoms with Crippen molar-refractivity contribution >= 4 is 34.2 Å². The monoisotopic (exact) mass is 328 g/mol. The third-order valence-electron chi connectivity index (χ3n) is 3.96. The zero-order chi connectivity index (χ0) is 17.4. The molecule has 24 heavy (non-hydrogen) atoms. The standard InChI is InChI=1S/C16H12N2O6/c19-12(20)6-2-4-9-11(18(23)24)7-8-3-1-5-10-13(8)14(9)16(22)17-15(10)21/h1,3,5,7H,2,4,6H2,(H,19,20)(H,17,21,22). The number of carbonyl (C=O) groups is 3. The van der Waals surface area contributed by atoms with E-state index in [4.69, 9.17) is 5.11 Å². The molecule has 3 rings (SSSR count). The summed E-state index contributed by atoms with van der Waals surface area (Å²) in [5, 5.41) is 23.1. The predicted molar refractivity (Wildman–Crippen MR) is 83.0 cm³/mol. The van der Waals surface area contributed by atoms with Crippen molar-refractivity contribution in [2.75, 3.05) is 0 Å². The highest BCUT2D eigenvalue weighted by Gasteiger charge is 2.31. The Balaban J connectivity index is 2.28. The molecule has 122 valence electrons. The largest absolute Gasteiger partial charge is 0.481 e. The summed E-state index contributed by atoms with van der Waals surface area (Å²) in [4.78, 5) is 45.8. The van der Waals surface area contributed by atoms with E-state index in [0.29, 0.717) is 10.8 Å². The molecule has 8 heteroatoms. The van der Waals surface area contributed by atoms with E-state index in [1.807, 2.05) is 0 Å². The molecular formula is C16H12N2O6. The molecule has 2 amide bonds. The molecule has 0 spiro atoms. The number of carboxylic acids is 1. The molecule has 0 saturated carbocycles. The van der Waals surface area contributed by atoms with Gasteiger partial charge in [-0.2, -0.15) is 0 Å². The number of benzene rings is 2. The van der Waals surface area contributed by atoms with Gasteiger partial charge in [-0.15, -0.1) is 0 Å². The zero-order valence-electron chi connectivity index (χ0n) is 12.4. The summed E-state index contributed by atoms with van der Waals surface area (Å²) >= 11 is 0. The average Bonchev–Trinajstić information content (AvgIpc) is 2.51. The Morgan fingerprint density at radius 3 is 2.67 bits per heavy atom. The molecule has 1 heterocycles. The fourth-order valence-corrected chi connectivity index (χ4v) is 2.99. The highest BCUT2D eigenvalue weighted by Crippen LogP contribution is 2.35. The Labute approximate surface area is 135 Å². The van der Waals surface area contributed by atoms with E-state index >= 15 is 0 Å². The van der Waals surface area contributed by atoms with Crippen LogP contribution in [0.1, 0.15) is 39.1 Å². The maximum atomic E-state index is 12.3.